The van der Waals surface area contributed by atoms with Gasteiger partial charge in [0, 0.05) is 56.4 Å². The number of likely N-dealkylation sites (tertiary alicyclic amines) is 2. The highest BCUT2D eigenvalue weighted by atomic mass is 16.5. The smallest absolute Gasteiger partial charge is 0.257 e. The van der Waals surface area contributed by atoms with Gasteiger partial charge in [-0.25, -0.2) is 0 Å². The van der Waals surface area contributed by atoms with E-state index >= 15 is 0 Å². The summed E-state index contributed by atoms with van der Waals surface area (Å²) < 4.78 is 5.62. The van der Waals surface area contributed by atoms with Crippen LogP contribution < -0.4 is 0 Å². The van der Waals surface area contributed by atoms with Gasteiger partial charge in [-0.05, 0) is 41.8 Å². The molecule has 0 aliphatic carbocycles. The van der Waals surface area contributed by atoms with Gasteiger partial charge in [0.15, 0.2) is 5.82 Å². The minimum Gasteiger partial charge on any atom is -0.380 e. The molecule has 0 spiro atoms. The lowest BCUT2D eigenvalue weighted by Crippen LogP contribution is -2.63. The molecule has 2 saturated heterocycles. The monoisotopic (exact) mass is 488 g/mol. The first-order chi connectivity index (χ1) is 17.1. The van der Waals surface area contributed by atoms with Gasteiger partial charge in [0.25, 0.3) is 5.89 Å². The standard InChI is InChI=1S/C29H36N4O3/c1-19(2)22-9-11-24(12-10-22)29(35,28(4)17-32(5)18-28)25-8-6-7-23(14-25)27-30-26(31-36-27)13-21-15-33(16-21)20(3)34/h6-12,14,19,21,35H,13,15-18H2,1-5H3/t29-/m0/s1. The summed E-state index contributed by atoms with van der Waals surface area (Å²) in [5.74, 6) is 1.99. The summed E-state index contributed by atoms with van der Waals surface area (Å²) in [5.41, 5.74) is 2.25. The number of aromatic nitrogens is 2. The summed E-state index contributed by atoms with van der Waals surface area (Å²) in [7, 11) is 2.08. The zero-order chi connectivity index (χ0) is 25.7. The second-order valence-electron chi connectivity index (χ2n) is 11.3. The largest absolute Gasteiger partial charge is 0.380 e. The number of rotatable bonds is 7. The van der Waals surface area contributed by atoms with Crippen molar-refractivity contribution in [2.24, 2.45) is 11.3 Å². The molecule has 1 amide bonds. The van der Waals surface area contributed by atoms with Crippen LogP contribution in [0, 0.1) is 11.3 Å². The average molecular weight is 489 g/mol. The summed E-state index contributed by atoms with van der Waals surface area (Å²) in [6.45, 7) is 11.2. The lowest BCUT2D eigenvalue weighted by molar-refractivity contribution is -0.135. The van der Waals surface area contributed by atoms with Gasteiger partial charge in [-0.15, -0.1) is 0 Å². The molecule has 2 aliphatic heterocycles. The Morgan fingerprint density at radius 1 is 1.17 bits per heavy atom. The number of nitrogens with zero attached hydrogens (tertiary/aromatic N) is 4. The number of carbonyl (C=O) groups excluding carboxylic acids is 1. The highest BCUT2D eigenvalue weighted by Gasteiger charge is 2.55. The minimum atomic E-state index is -1.17. The molecule has 2 aliphatic rings. The molecule has 0 radical (unpaired) electrons. The lowest BCUT2D eigenvalue weighted by Gasteiger charge is -2.56. The van der Waals surface area contributed by atoms with Crippen molar-refractivity contribution < 1.29 is 14.4 Å². The molecule has 36 heavy (non-hydrogen) atoms. The van der Waals surface area contributed by atoms with Crippen molar-refractivity contribution in [1.29, 1.82) is 0 Å². The Kier molecular flexibility index (Phi) is 6.25. The Hall–Kier alpha value is -3.03. The second kappa shape index (κ2) is 9.12. The summed E-state index contributed by atoms with van der Waals surface area (Å²) in [6, 6.07) is 16.3. The van der Waals surface area contributed by atoms with E-state index in [-0.39, 0.29) is 11.3 Å². The van der Waals surface area contributed by atoms with Crippen LogP contribution in [-0.4, -0.2) is 64.2 Å². The molecule has 1 atom stereocenters. The molecule has 2 aromatic carbocycles. The first-order valence-corrected chi connectivity index (χ1v) is 12.8. The Morgan fingerprint density at radius 3 is 2.47 bits per heavy atom. The fraction of sp³-hybridized carbons (Fsp3) is 0.483. The molecule has 190 valence electrons. The number of amides is 1. The van der Waals surface area contributed by atoms with Gasteiger partial charge in [-0.3, -0.25) is 4.79 Å². The van der Waals surface area contributed by atoms with E-state index in [0.717, 1.165) is 42.9 Å². The van der Waals surface area contributed by atoms with E-state index in [1.165, 1.54) is 5.56 Å². The quantitative estimate of drug-likeness (QED) is 0.540. The van der Waals surface area contributed by atoms with Gasteiger partial charge in [0.05, 0.1) is 0 Å². The van der Waals surface area contributed by atoms with Crippen molar-refractivity contribution in [1.82, 2.24) is 19.9 Å². The minimum absolute atomic E-state index is 0.106. The van der Waals surface area contributed by atoms with Gasteiger partial charge in [-0.1, -0.05) is 62.3 Å². The lowest BCUT2D eigenvalue weighted by atomic mass is 9.62. The van der Waals surface area contributed by atoms with Crippen LogP contribution in [0.15, 0.2) is 53.1 Å². The number of carbonyl (C=O) groups is 1. The summed E-state index contributed by atoms with van der Waals surface area (Å²) in [6.07, 6.45) is 0.684. The van der Waals surface area contributed by atoms with Crippen LogP contribution in [0.3, 0.4) is 0 Å². The number of benzene rings is 2. The van der Waals surface area contributed by atoms with Gasteiger partial charge < -0.3 is 19.4 Å². The van der Waals surface area contributed by atoms with Gasteiger partial charge in [-0.2, -0.15) is 4.98 Å². The average Bonchev–Trinajstić information content (AvgIpc) is 3.28. The van der Waals surface area contributed by atoms with E-state index in [9.17, 15) is 9.90 Å². The molecular formula is C29H36N4O3. The fourth-order valence-corrected chi connectivity index (χ4v) is 5.89. The van der Waals surface area contributed by atoms with Crippen LogP contribution in [0.1, 0.15) is 56.1 Å². The summed E-state index contributed by atoms with van der Waals surface area (Å²) in [5, 5.41) is 16.6. The van der Waals surface area contributed by atoms with Crippen molar-refractivity contribution in [2.45, 2.75) is 45.6 Å². The van der Waals surface area contributed by atoms with E-state index in [1.54, 1.807) is 6.92 Å². The Morgan fingerprint density at radius 2 is 1.86 bits per heavy atom. The zero-order valence-corrected chi connectivity index (χ0v) is 21.9. The van der Waals surface area contributed by atoms with Crippen LogP contribution >= 0.6 is 0 Å². The van der Waals surface area contributed by atoms with E-state index in [1.807, 2.05) is 29.2 Å². The van der Waals surface area contributed by atoms with Crippen LogP contribution in [-0.2, 0) is 16.8 Å². The third kappa shape index (κ3) is 4.24. The normalized spacial score (nSPS) is 19.6. The third-order valence-electron chi connectivity index (χ3n) is 7.98. The van der Waals surface area contributed by atoms with Gasteiger partial charge in [0.2, 0.25) is 5.91 Å². The van der Waals surface area contributed by atoms with Gasteiger partial charge >= 0.3 is 0 Å². The Bertz CT molecular complexity index is 1240. The van der Waals surface area contributed by atoms with Crippen LogP contribution in [0.25, 0.3) is 11.5 Å². The van der Waals surface area contributed by atoms with Crippen molar-refractivity contribution in [3.63, 3.8) is 0 Å². The second-order valence-corrected chi connectivity index (χ2v) is 11.3. The Labute approximate surface area is 213 Å². The zero-order valence-electron chi connectivity index (χ0n) is 21.9. The first kappa shape index (κ1) is 24.7. The fourth-order valence-electron chi connectivity index (χ4n) is 5.89. The molecule has 0 saturated carbocycles. The highest BCUT2D eigenvalue weighted by molar-refractivity contribution is 5.74. The molecule has 3 aromatic rings. The highest BCUT2D eigenvalue weighted by Crippen LogP contribution is 2.50. The van der Waals surface area contributed by atoms with Crippen molar-refractivity contribution in [2.75, 3.05) is 33.2 Å². The van der Waals surface area contributed by atoms with Crippen LogP contribution in [0.4, 0.5) is 0 Å². The number of hydrogen-bond donors (Lipinski definition) is 1. The number of aliphatic hydroxyl groups is 1. The summed E-state index contributed by atoms with van der Waals surface area (Å²) in [4.78, 5) is 20.1. The summed E-state index contributed by atoms with van der Waals surface area (Å²) >= 11 is 0. The topological polar surface area (TPSA) is 82.7 Å². The maximum atomic E-state index is 12.5. The molecule has 0 unspecified atom stereocenters. The van der Waals surface area contributed by atoms with Gasteiger partial charge in [0.1, 0.15) is 5.60 Å². The van der Waals surface area contributed by atoms with E-state index in [0.29, 0.717) is 30.0 Å². The first-order valence-electron chi connectivity index (χ1n) is 12.8. The molecule has 1 aromatic heterocycles. The molecule has 5 rings (SSSR count). The predicted molar refractivity (Wildman–Crippen MR) is 138 cm³/mol. The predicted octanol–water partition coefficient (Wildman–Crippen LogP) is 4.07. The molecule has 3 heterocycles. The molecule has 7 heteroatoms. The maximum Gasteiger partial charge on any atom is 0.257 e. The number of hydrogen-bond acceptors (Lipinski definition) is 6. The molecule has 7 nitrogen and oxygen atoms in total. The molecule has 0 bridgehead atoms. The molecule has 2 fully saturated rings. The third-order valence-corrected chi connectivity index (χ3v) is 7.98. The molecular weight excluding hydrogens is 452 g/mol. The SMILES string of the molecule is CC(=O)N1CC(Cc2noc(-c3cccc([C@@](O)(c4ccc(C(C)C)cc4)C4(C)CN(C)C4)c3)n2)C1. The Balaban J connectivity index is 1.44. The van der Waals surface area contributed by atoms with Crippen LogP contribution in [0.2, 0.25) is 0 Å². The van der Waals surface area contributed by atoms with Crippen molar-refractivity contribution in [3.8, 4) is 11.5 Å². The molecule has 1 N–H and O–H groups in total. The van der Waals surface area contributed by atoms with Crippen molar-refractivity contribution >= 4 is 5.91 Å². The van der Waals surface area contributed by atoms with E-state index in [4.69, 9.17) is 4.52 Å². The van der Waals surface area contributed by atoms with Crippen molar-refractivity contribution in [3.05, 3.63) is 71.0 Å². The van der Waals surface area contributed by atoms with Crippen LogP contribution in [0.5, 0.6) is 0 Å². The van der Waals surface area contributed by atoms with E-state index in [2.05, 4.69) is 67.1 Å². The maximum absolute atomic E-state index is 12.5. The van der Waals surface area contributed by atoms with E-state index < -0.39 is 5.60 Å².